The molecular weight excluding hydrogens is 198 g/mol. The van der Waals surface area contributed by atoms with Crippen molar-refractivity contribution < 1.29 is 4.74 Å². The van der Waals surface area contributed by atoms with E-state index in [4.69, 9.17) is 4.74 Å². The summed E-state index contributed by atoms with van der Waals surface area (Å²) in [6.45, 7) is 2.39. The van der Waals surface area contributed by atoms with Crippen LogP contribution in [0.25, 0.3) is 0 Å². The molecule has 0 aliphatic carbocycles. The van der Waals surface area contributed by atoms with E-state index in [1.807, 2.05) is 6.07 Å². The fraction of sp³-hybridized carbons (Fsp3) is 0.571. The van der Waals surface area contributed by atoms with Gasteiger partial charge in [0.15, 0.2) is 0 Å². The molecular formula is C14H21NO. The maximum absolute atomic E-state index is 5.37. The fourth-order valence-electron chi connectivity index (χ4n) is 2.44. The second kappa shape index (κ2) is 5.90. The molecule has 16 heavy (non-hydrogen) atoms. The van der Waals surface area contributed by atoms with Crippen molar-refractivity contribution >= 4 is 0 Å². The molecule has 1 fully saturated rings. The predicted octanol–water partition coefficient (Wildman–Crippen LogP) is 2.63. The van der Waals surface area contributed by atoms with E-state index in [1.54, 1.807) is 7.11 Å². The van der Waals surface area contributed by atoms with Crippen LogP contribution in [0.1, 0.15) is 24.8 Å². The van der Waals surface area contributed by atoms with Gasteiger partial charge in [-0.1, -0.05) is 18.2 Å². The maximum atomic E-state index is 5.37. The topological polar surface area (TPSA) is 21.3 Å². The van der Waals surface area contributed by atoms with Crippen molar-refractivity contribution in [3.8, 4) is 5.75 Å². The molecule has 0 saturated carbocycles. The van der Waals surface area contributed by atoms with Crippen LogP contribution in [-0.2, 0) is 6.42 Å². The Morgan fingerprint density at radius 3 is 3.00 bits per heavy atom. The normalized spacial score (nSPS) is 20.7. The zero-order chi connectivity index (χ0) is 11.2. The van der Waals surface area contributed by atoms with Gasteiger partial charge in [0.2, 0.25) is 0 Å². The summed E-state index contributed by atoms with van der Waals surface area (Å²) in [6.07, 6.45) is 5.11. The molecule has 1 aromatic rings. The van der Waals surface area contributed by atoms with Gasteiger partial charge >= 0.3 is 0 Å². The van der Waals surface area contributed by atoms with Gasteiger partial charge in [0.1, 0.15) is 5.75 Å². The third kappa shape index (κ3) is 2.99. The molecule has 1 atom stereocenters. The van der Waals surface area contributed by atoms with Crippen LogP contribution in [0.2, 0.25) is 0 Å². The Balaban J connectivity index is 1.88. The lowest BCUT2D eigenvalue weighted by molar-refractivity contribution is 0.354. The summed E-state index contributed by atoms with van der Waals surface area (Å²) in [5.74, 6) is 1.88. The molecule has 0 aromatic heterocycles. The number of methoxy groups -OCH3 is 1. The molecule has 88 valence electrons. The average molecular weight is 219 g/mol. The van der Waals surface area contributed by atoms with Crippen LogP contribution in [0, 0.1) is 5.92 Å². The van der Waals surface area contributed by atoms with E-state index < -0.39 is 0 Å². The third-order valence-corrected chi connectivity index (χ3v) is 3.41. The molecule has 1 aliphatic rings. The van der Waals surface area contributed by atoms with Crippen molar-refractivity contribution in [2.45, 2.75) is 25.7 Å². The summed E-state index contributed by atoms with van der Waals surface area (Å²) in [5, 5.41) is 3.47. The number of nitrogens with one attached hydrogen (secondary N) is 1. The monoisotopic (exact) mass is 219 g/mol. The summed E-state index contributed by atoms with van der Waals surface area (Å²) < 4.78 is 5.37. The van der Waals surface area contributed by atoms with Crippen LogP contribution >= 0.6 is 0 Å². The minimum Gasteiger partial charge on any atom is -0.496 e. The Morgan fingerprint density at radius 1 is 1.38 bits per heavy atom. The van der Waals surface area contributed by atoms with Crippen molar-refractivity contribution in [2.75, 3.05) is 20.2 Å². The Labute approximate surface area is 98.0 Å². The van der Waals surface area contributed by atoms with E-state index in [0.717, 1.165) is 18.1 Å². The Morgan fingerprint density at radius 2 is 2.25 bits per heavy atom. The number of hydrogen-bond donors (Lipinski definition) is 1. The Bertz CT molecular complexity index is 318. The van der Waals surface area contributed by atoms with Gasteiger partial charge < -0.3 is 10.1 Å². The van der Waals surface area contributed by atoms with Crippen LogP contribution in [0.4, 0.5) is 0 Å². The zero-order valence-corrected chi connectivity index (χ0v) is 10.0. The first kappa shape index (κ1) is 11.5. The van der Waals surface area contributed by atoms with Gasteiger partial charge in [0.25, 0.3) is 0 Å². The van der Waals surface area contributed by atoms with Crippen molar-refractivity contribution in [3.05, 3.63) is 29.8 Å². The van der Waals surface area contributed by atoms with Crippen LogP contribution in [0.3, 0.4) is 0 Å². The summed E-state index contributed by atoms with van der Waals surface area (Å²) in [7, 11) is 1.75. The van der Waals surface area contributed by atoms with Crippen LogP contribution in [0.5, 0.6) is 5.75 Å². The highest BCUT2D eigenvalue weighted by atomic mass is 16.5. The first-order valence-corrected chi connectivity index (χ1v) is 6.23. The van der Waals surface area contributed by atoms with E-state index in [1.165, 1.54) is 37.9 Å². The predicted molar refractivity (Wildman–Crippen MR) is 66.9 cm³/mol. The summed E-state index contributed by atoms with van der Waals surface area (Å²) in [6, 6.07) is 8.35. The molecule has 2 rings (SSSR count). The summed E-state index contributed by atoms with van der Waals surface area (Å²) >= 11 is 0. The highest BCUT2D eigenvalue weighted by Crippen LogP contribution is 2.22. The van der Waals surface area contributed by atoms with E-state index >= 15 is 0 Å². The molecule has 2 nitrogen and oxygen atoms in total. The van der Waals surface area contributed by atoms with Crippen molar-refractivity contribution in [3.63, 3.8) is 0 Å². The van der Waals surface area contributed by atoms with E-state index in [2.05, 4.69) is 23.5 Å². The van der Waals surface area contributed by atoms with Gasteiger partial charge in [-0.2, -0.15) is 0 Å². The molecule has 1 aliphatic heterocycles. The molecule has 0 bridgehead atoms. The van der Waals surface area contributed by atoms with Gasteiger partial charge in [-0.3, -0.25) is 0 Å². The molecule has 1 saturated heterocycles. The lowest BCUT2D eigenvalue weighted by Crippen LogP contribution is -2.29. The maximum Gasteiger partial charge on any atom is 0.122 e. The van der Waals surface area contributed by atoms with Gasteiger partial charge in [-0.05, 0) is 56.3 Å². The van der Waals surface area contributed by atoms with Gasteiger partial charge in [0.05, 0.1) is 7.11 Å². The molecule has 1 aromatic carbocycles. The zero-order valence-electron chi connectivity index (χ0n) is 10.0. The standard InChI is InChI=1S/C14H21NO/c1-16-14-7-3-2-6-13(14)9-8-12-5-4-10-15-11-12/h2-3,6-7,12,15H,4-5,8-11H2,1H3. The SMILES string of the molecule is COc1ccccc1CCC1CCCNC1. The van der Waals surface area contributed by atoms with Gasteiger partial charge in [-0.15, -0.1) is 0 Å². The largest absolute Gasteiger partial charge is 0.496 e. The lowest BCUT2D eigenvalue weighted by Gasteiger charge is -2.22. The molecule has 1 N–H and O–H groups in total. The smallest absolute Gasteiger partial charge is 0.122 e. The van der Waals surface area contributed by atoms with Crippen molar-refractivity contribution in [1.82, 2.24) is 5.32 Å². The molecule has 1 unspecified atom stereocenters. The highest BCUT2D eigenvalue weighted by Gasteiger charge is 2.13. The summed E-state index contributed by atoms with van der Waals surface area (Å²) in [4.78, 5) is 0. The first-order chi connectivity index (χ1) is 7.90. The van der Waals surface area contributed by atoms with E-state index in [0.29, 0.717) is 0 Å². The number of rotatable bonds is 4. The molecule has 0 radical (unpaired) electrons. The number of ether oxygens (including phenoxy) is 1. The lowest BCUT2D eigenvalue weighted by atomic mass is 9.92. The Kier molecular flexibility index (Phi) is 4.23. The molecule has 2 heteroatoms. The van der Waals surface area contributed by atoms with Crippen molar-refractivity contribution in [2.24, 2.45) is 5.92 Å². The second-order valence-corrected chi connectivity index (χ2v) is 4.56. The van der Waals surface area contributed by atoms with E-state index in [9.17, 15) is 0 Å². The van der Waals surface area contributed by atoms with Crippen LogP contribution < -0.4 is 10.1 Å². The Hall–Kier alpha value is -1.02. The quantitative estimate of drug-likeness (QED) is 0.840. The number of benzene rings is 1. The minimum atomic E-state index is 0.846. The molecule has 0 amide bonds. The van der Waals surface area contributed by atoms with Crippen LogP contribution in [0.15, 0.2) is 24.3 Å². The second-order valence-electron chi connectivity index (χ2n) is 4.56. The van der Waals surface area contributed by atoms with Gasteiger partial charge in [-0.25, -0.2) is 0 Å². The van der Waals surface area contributed by atoms with Crippen LogP contribution in [-0.4, -0.2) is 20.2 Å². The number of piperidine rings is 1. The first-order valence-electron chi connectivity index (χ1n) is 6.23. The molecule has 0 spiro atoms. The highest BCUT2D eigenvalue weighted by molar-refractivity contribution is 5.33. The fourth-order valence-corrected chi connectivity index (χ4v) is 2.44. The van der Waals surface area contributed by atoms with Crippen molar-refractivity contribution in [1.29, 1.82) is 0 Å². The number of para-hydroxylation sites is 1. The minimum absolute atomic E-state index is 0.846. The molecule has 1 heterocycles. The number of aryl methyl sites for hydroxylation is 1. The van der Waals surface area contributed by atoms with Gasteiger partial charge in [0, 0.05) is 0 Å². The third-order valence-electron chi connectivity index (χ3n) is 3.41. The average Bonchev–Trinajstić information content (AvgIpc) is 2.38. The summed E-state index contributed by atoms with van der Waals surface area (Å²) in [5.41, 5.74) is 1.34. The van der Waals surface area contributed by atoms with E-state index in [-0.39, 0.29) is 0 Å². The number of hydrogen-bond acceptors (Lipinski definition) is 2.